The van der Waals surface area contributed by atoms with Crippen LogP contribution in [0.25, 0.3) is 0 Å². The summed E-state index contributed by atoms with van der Waals surface area (Å²) in [4.78, 5) is 3.08. The van der Waals surface area contributed by atoms with E-state index in [0.717, 1.165) is 0 Å². The van der Waals surface area contributed by atoms with Gasteiger partial charge in [-0.15, -0.1) is 11.3 Å². The molecule has 1 unspecified atom stereocenters. The highest BCUT2D eigenvalue weighted by Gasteiger charge is 2.18. The molecule has 1 aliphatic carbocycles. The molecule has 19 heavy (non-hydrogen) atoms. The third-order valence-corrected chi connectivity index (χ3v) is 5.51. The van der Waals surface area contributed by atoms with Crippen molar-refractivity contribution in [2.24, 2.45) is 5.84 Å². The smallest absolute Gasteiger partial charge is 0.0553 e. The highest BCUT2D eigenvalue weighted by atomic mass is 32.1. The van der Waals surface area contributed by atoms with Crippen molar-refractivity contribution in [3.63, 3.8) is 0 Å². The lowest BCUT2D eigenvalue weighted by molar-refractivity contribution is 0.484. The van der Waals surface area contributed by atoms with Crippen molar-refractivity contribution in [3.8, 4) is 0 Å². The Hall–Kier alpha value is -0.380. The molecule has 0 bridgehead atoms. The molecule has 1 aromatic heterocycles. The van der Waals surface area contributed by atoms with Crippen LogP contribution in [0.2, 0.25) is 0 Å². The van der Waals surface area contributed by atoms with Crippen LogP contribution in [-0.4, -0.2) is 0 Å². The number of nitrogens with one attached hydrogen (secondary N) is 1. The monoisotopic (exact) mass is 280 g/mol. The maximum absolute atomic E-state index is 5.76. The van der Waals surface area contributed by atoms with E-state index in [0.29, 0.717) is 6.04 Å². The maximum atomic E-state index is 5.76. The average Bonchev–Trinajstić information content (AvgIpc) is 2.86. The number of fused-ring (bicyclic) bond motifs is 1. The fraction of sp³-hybridized carbons (Fsp3) is 0.750. The molecule has 0 amide bonds. The lowest BCUT2D eigenvalue weighted by Crippen LogP contribution is -2.27. The van der Waals surface area contributed by atoms with Gasteiger partial charge in [-0.05, 0) is 43.7 Å². The fourth-order valence-corrected chi connectivity index (χ4v) is 4.30. The summed E-state index contributed by atoms with van der Waals surface area (Å²) in [6.07, 6.45) is 13.2. The van der Waals surface area contributed by atoms with Gasteiger partial charge in [-0.3, -0.25) is 11.3 Å². The van der Waals surface area contributed by atoms with Crippen LogP contribution in [0.1, 0.15) is 79.6 Å². The lowest BCUT2D eigenvalue weighted by Gasteiger charge is -2.13. The Balaban J connectivity index is 1.84. The molecule has 0 fully saturated rings. The molecule has 1 aliphatic rings. The molecule has 0 aliphatic heterocycles. The van der Waals surface area contributed by atoms with Crippen molar-refractivity contribution in [2.45, 2.75) is 77.2 Å². The zero-order valence-corrected chi connectivity index (χ0v) is 13.0. The van der Waals surface area contributed by atoms with Crippen LogP contribution in [0.5, 0.6) is 0 Å². The molecule has 0 aromatic carbocycles. The van der Waals surface area contributed by atoms with Crippen molar-refractivity contribution in [1.82, 2.24) is 5.43 Å². The van der Waals surface area contributed by atoms with Gasteiger partial charge in [0.15, 0.2) is 0 Å². The van der Waals surface area contributed by atoms with Crippen molar-refractivity contribution in [1.29, 1.82) is 0 Å². The summed E-state index contributed by atoms with van der Waals surface area (Å²) >= 11 is 1.99. The minimum absolute atomic E-state index is 0.372. The zero-order chi connectivity index (χ0) is 13.5. The molecule has 108 valence electrons. The number of unbranched alkanes of at least 4 members (excludes halogenated alkanes) is 4. The number of rotatable bonds is 8. The van der Waals surface area contributed by atoms with E-state index in [1.54, 1.807) is 10.4 Å². The van der Waals surface area contributed by atoms with Gasteiger partial charge in [-0.2, -0.15) is 0 Å². The maximum Gasteiger partial charge on any atom is 0.0553 e. The van der Waals surface area contributed by atoms with Crippen molar-refractivity contribution < 1.29 is 0 Å². The summed E-state index contributed by atoms with van der Waals surface area (Å²) in [6, 6.07) is 2.78. The van der Waals surface area contributed by atoms with Crippen LogP contribution >= 0.6 is 11.3 Å². The van der Waals surface area contributed by atoms with Crippen LogP contribution in [0, 0.1) is 0 Å². The number of hydrogen-bond acceptors (Lipinski definition) is 3. The van der Waals surface area contributed by atoms with E-state index in [2.05, 4.69) is 18.4 Å². The van der Waals surface area contributed by atoms with Crippen LogP contribution in [-0.2, 0) is 12.8 Å². The van der Waals surface area contributed by atoms with Gasteiger partial charge >= 0.3 is 0 Å². The van der Waals surface area contributed by atoms with Crippen LogP contribution in [0.15, 0.2) is 6.07 Å². The van der Waals surface area contributed by atoms with Gasteiger partial charge in [0.2, 0.25) is 0 Å². The van der Waals surface area contributed by atoms with E-state index in [4.69, 9.17) is 5.84 Å². The van der Waals surface area contributed by atoms with Crippen LogP contribution in [0.4, 0.5) is 0 Å². The molecule has 0 spiro atoms. The van der Waals surface area contributed by atoms with Crippen molar-refractivity contribution in [3.05, 3.63) is 21.4 Å². The molecule has 3 heteroatoms. The van der Waals surface area contributed by atoms with E-state index >= 15 is 0 Å². The molecule has 1 heterocycles. The van der Waals surface area contributed by atoms with E-state index in [1.165, 1.54) is 69.1 Å². The standard InChI is InChI=1S/C16H28N2S/c1-2-3-4-5-6-10-14(18-17)16-12-13-9-7-8-11-15(13)19-16/h12,14,18H,2-11,17H2,1H3. The van der Waals surface area contributed by atoms with Crippen molar-refractivity contribution >= 4 is 11.3 Å². The van der Waals surface area contributed by atoms with E-state index in [-0.39, 0.29) is 0 Å². The molecule has 2 rings (SSSR count). The second kappa shape index (κ2) is 8.03. The first-order valence-electron chi connectivity index (χ1n) is 7.92. The Bertz CT molecular complexity index is 349. The van der Waals surface area contributed by atoms with Gasteiger partial charge < -0.3 is 0 Å². The van der Waals surface area contributed by atoms with Crippen molar-refractivity contribution in [2.75, 3.05) is 0 Å². The third-order valence-electron chi connectivity index (χ3n) is 4.16. The number of thiophene rings is 1. The Morgan fingerprint density at radius 3 is 2.74 bits per heavy atom. The topological polar surface area (TPSA) is 38.0 Å². The molecule has 0 saturated heterocycles. The molecule has 0 saturated carbocycles. The molecular formula is C16H28N2S. The van der Waals surface area contributed by atoms with Gasteiger partial charge in [0.25, 0.3) is 0 Å². The van der Waals surface area contributed by atoms with Crippen LogP contribution in [0.3, 0.4) is 0 Å². The lowest BCUT2D eigenvalue weighted by atomic mass is 9.98. The van der Waals surface area contributed by atoms with Gasteiger partial charge in [0.05, 0.1) is 6.04 Å². The first-order valence-corrected chi connectivity index (χ1v) is 8.74. The first-order chi connectivity index (χ1) is 9.35. The SMILES string of the molecule is CCCCCCCC(NN)c1cc2c(s1)CCCC2. The summed E-state index contributed by atoms with van der Waals surface area (Å²) in [5, 5.41) is 0. The van der Waals surface area contributed by atoms with E-state index < -0.39 is 0 Å². The molecule has 1 atom stereocenters. The fourth-order valence-electron chi connectivity index (χ4n) is 2.95. The van der Waals surface area contributed by atoms with Gasteiger partial charge in [0, 0.05) is 9.75 Å². The quantitative estimate of drug-likeness (QED) is 0.418. The normalized spacial score (nSPS) is 16.3. The number of hydrazine groups is 1. The summed E-state index contributed by atoms with van der Waals surface area (Å²) in [6.45, 7) is 2.26. The van der Waals surface area contributed by atoms with Gasteiger partial charge in [-0.25, -0.2) is 0 Å². The highest BCUT2D eigenvalue weighted by Crippen LogP contribution is 2.34. The summed E-state index contributed by atoms with van der Waals surface area (Å²) in [5.41, 5.74) is 4.62. The van der Waals surface area contributed by atoms with Gasteiger partial charge in [0.1, 0.15) is 0 Å². The number of aryl methyl sites for hydroxylation is 2. The number of hydrogen-bond donors (Lipinski definition) is 2. The van der Waals surface area contributed by atoms with E-state index in [9.17, 15) is 0 Å². The first kappa shape index (κ1) is 15.0. The predicted octanol–water partition coefficient (Wildman–Crippen LogP) is 4.49. The van der Waals surface area contributed by atoms with E-state index in [1.807, 2.05) is 11.3 Å². The minimum Gasteiger partial charge on any atom is -0.271 e. The summed E-state index contributed by atoms with van der Waals surface area (Å²) in [5.74, 6) is 5.76. The molecule has 1 aromatic rings. The molecule has 0 radical (unpaired) electrons. The average molecular weight is 280 g/mol. The predicted molar refractivity (Wildman–Crippen MR) is 84.4 cm³/mol. The second-order valence-electron chi connectivity index (χ2n) is 5.73. The zero-order valence-electron chi connectivity index (χ0n) is 12.2. The Kier molecular flexibility index (Phi) is 6.35. The van der Waals surface area contributed by atoms with Gasteiger partial charge in [-0.1, -0.05) is 39.0 Å². The molecular weight excluding hydrogens is 252 g/mol. The Morgan fingerprint density at radius 2 is 2.00 bits per heavy atom. The third kappa shape index (κ3) is 4.30. The Morgan fingerprint density at radius 1 is 1.21 bits per heavy atom. The van der Waals surface area contributed by atoms with Crippen LogP contribution < -0.4 is 11.3 Å². The number of nitrogens with two attached hydrogens (primary N) is 1. The summed E-state index contributed by atoms with van der Waals surface area (Å²) in [7, 11) is 0. The Labute approximate surface area is 121 Å². The largest absolute Gasteiger partial charge is 0.271 e. The highest BCUT2D eigenvalue weighted by molar-refractivity contribution is 7.12. The summed E-state index contributed by atoms with van der Waals surface area (Å²) < 4.78 is 0. The molecule has 3 N–H and O–H groups in total. The minimum atomic E-state index is 0.372. The molecule has 2 nitrogen and oxygen atoms in total. The second-order valence-corrected chi connectivity index (χ2v) is 6.89.